The molecule has 0 aliphatic carbocycles. The summed E-state index contributed by atoms with van der Waals surface area (Å²) in [7, 11) is 1.33. The summed E-state index contributed by atoms with van der Waals surface area (Å²) in [5.74, 6) is -0.00357. The number of benzene rings is 1. The molecule has 0 saturated carbocycles. The van der Waals surface area contributed by atoms with Gasteiger partial charge in [0.15, 0.2) is 0 Å². The topological polar surface area (TPSA) is 81.9 Å². The maximum absolute atomic E-state index is 12.2. The van der Waals surface area contributed by atoms with E-state index in [-0.39, 0.29) is 0 Å². The number of carbonyl (C=O) groups excluding carboxylic acids is 1. The van der Waals surface area contributed by atoms with E-state index in [0.29, 0.717) is 22.2 Å². The number of rotatable bonds is 2. The number of tetrazole rings is 1. The maximum atomic E-state index is 12.2. The Morgan fingerprint density at radius 2 is 2.19 bits per heavy atom. The third-order valence-electron chi connectivity index (χ3n) is 3.32. The van der Waals surface area contributed by atoms with Gasteiger partial charge in [0.1, 0.15) is 6.04 Å². The molecule has 1 N–H and O–H groups in total. The quantitative estimate of drug-likeness (QED) is 0.852. The molecule has 0 fully saturated rings. The molecular formula is C13H12ClN5O2. The number of fused-ring (bicyclic) bond motifs is 1. The van der Waals surface area contributed by atoms with Gasteiger partial charge in [-0.25, -0.2) is 4.79 Å². The van der Waals surface area contributed by atoms with E-state index in [4.69, 9.17) is 16.3 Å². The summed E-state index contributed by atoms with van der Waals surface area (Å²) in [5.41, 5.74) is 1.79. The second kappa shape index (κ2) is 5.17. The average molecular weight is 306 g/mol. The van der Waals surface area contributed by atoms with E-state index < -0.39 is 12.0 Å². The van der Waals surface area contributed by atoms with Crippen LogP contribution in [0.15, 0.2) is 35.5 Å². The Morgan fingerprint density at radius 3 is 2.90 bits per heavy atom. The standard InChI is InChI=1S/C13H12ClN5O2/c1-7-10(12(20)21-2)11(8-5-3-4-6-9(8)14)19-13(15-7)16-17-18-19/h3-6,11H,1-2H3,(H,15,16,18)/t11-/m1/s1. The highest BCUT2D eigenvalue weighted by molar-refractivity contribution is 6.31. The fraction of sp³-hybridized carbons (Fsp3) is 0.231. The lowest BCUT2D eigenvalue weighted by molar-refractivity contribution is -0.136. The van der Waals surface area contributed by atoms with E-state index in [1.807, 2.05) is 18.2 Å². The van der Waals surface area contributed by atoms with Gasteiger partial charge in [-0.05, 0) is 23.4 Å². The van der Waals surface area contributed by atoms with Crippen LogP contribution in [0.4, 0.5) is 5.95 Å². The minimum absolute atomic E-state index is 0.422. The summed E-state index contributed by atoms with van der Waals surface area (Å²) in [6.45, 7) is 1.77. The minimum Gasteiger partial charge on any atom is -0.466 e. The monoisotopic (exact) mass is 305 g/mol. The molecule has 2 heterocycles. The normalized spacial score (nSPS) is 17.2. The van der Waals surface area contributed by atoms with Crippen molar-refractivity contribution in [3.05, 3.63) is 46.1 Å². The van der Waals surface area contributed by atoms with Gasteiger partial charge in [-0.15, -0.1) is 0 Å². The smallest absolute Gasteiger partial charge is 0.338 e. The van der Waals surface area contributed by atoms with Crippen LogP contribution < -0.4 is 5.32 Å². The van der Waals surface area contributed by atoms with Gasteiger partial charge in [-0.1, -0.05) is 34.9 Å². The number of allylic oxidation sites excluding steroid dienone is 1. The first kappa shape index (κ1) is 13.6. The molecule has 0 unspecified atom stereocenters. The molecule has 1 aromatic heterocycles. The van der Waals surface area contributed by atoms with Gasteiger partial charge in [0.05, 0.1) is 12.7 Å². The maximum Gasteiger partial charge on any atom is 0.338 e. The fourth-order valence-electron chi connectivity index (χ4n) is 2.37. The van der Waals surface area contributed by atoms with Crippen LogP contribution in [0.2, 0.25) is 5.02 Å². The van der Waals surface area contributed by atoms with Crippen molar-refractivity contribution in [2.45, 2.75) is 13.0 Å². The van der Waals surface area contributed by atoms with Crippen molar-refractivity contribution < 1.29 is 9.53 Å². The van der Waals surface area contributed by atoms with E-state index in [9.17, 15) is 4.79 Å². The summed E-state index contributed by atoms with van der Waals surface area (Å²) in [4.78, 5) is 12.2. The molecule has 1 aromatic carbocycles. The lowest BCUT2D eigenvalue weighted by atomic mass is 9.96. The van der Waals surface area contributed by atoms with E-state index >= 15 is 0 Å². The number of halogens is 1. The van der Waals surface area contributed by atoms with E-state index in [0.717, 1.165) is 5.56 Å². The van der Waals surface area contributed by atoms with Crippen molar-refractivity contribution in [3.63, 3.8) is 0 Å². The van der Waals surface area contributed by atoms with Crippen LogP contribution in [-0.4, -0.2) is 33.3 Å². The number of carbonyl (C=O) groups is 1. The SMILES string of the molecule is COC(=O)C1=C(C)Nc2nnnn2[C@@H]1c1ccccc1Cl. The molecule has 1 atom stereocenters. The molecule has 1 aliphatic rings. The fourth-order valence-corrected chi connectivity index (χ4v) is 2.61. The Morgan fingerprint density at radius 1 is 1.43 bits per heavy atom. The summed E-state index contributed by atoms with van der Waals surface area (Å²) in [5, 5.41) is 15.0. The number of methoxy groups -OCH3 is 1. The average Bonchev–Trinajstić information content (AvgIpc) is 2.93. The Bertz CT molecular complexity index is 740. The lowest BCUT2D eigenvalue weighted by Crippen LogP contribution is -2.29. The Balaban J connectivity index is 2.23. The van der Waals surface area contributed by atoms with E-state index in [1.165, 1.54) is 11.8 Å². The van der Waals surface area contributed by atoms with Crippen LogP contribution >= 0.6 is 11.6 Å². The summed E-state index contributed by atoms with van der Waals surface area (Å²) in [6.07, 6.45) is 0. The van der Waals surface area contributed by atoms with Crippen LogP contribution in [0, 0.1) is 0 Å². The van der Waals surface area contributed by atoms with Crippen LogP contribution in [-0.2, 0) is 9.53 Å². The number of nitrogens with zero attached hydrogens (tertiary/aromatic N) is 4. The number of esters is 1. The summed E-state index contributed by atoms with van der Waals surface area (Å²) >= 11 is 6.27. The molecule has 1 aliphatic heterocycles. The first-order chi connectivity index (χ1) is 10.1. The molecule has 2 aromatic rings. The largest absolute Gasteiger partial charge is 0.466 e. The highest BCUT2D eigenvalue weighted by atomic mass is 35.5. The molecule has 0 bridgehead atoms. The minimum atomic E-state index is -0.530. The predicted octanol–water partition coefficient (Wildman–Crippen LogP) is 1.79. The molecule has 3 rings (SSSR count). The van der Waals surface area contributed by atoms with Gasteiger partial charge >= 0.3 is 5.97 Å². The van der Waals surface area contributed by atoms with Crippen molar-refractivity contribution >= 4 is 23.5 Å². The number of hydrogen-bond donors (Lipinski definition) is 1. The molecule has 7 nitrogen and oxygen atoms in total. The molecule has 8 heteroatoms. The van der Waals surface area contributed by atoms with Gasteiger partial charge < -0.3 is 10.1 Å². The summed E-state index contributed by atoms with van der Waals surface area (Å²) < 4.78 is 6.40. The van der Waals surface area contributed by atoms with Crippen molar-refractivity contribution in [1.29, 1.82) is 0 Å². The van der Waals surface area contributed by atoms with Crippen molar-refractivity contribution in [2.24, 2.45) is 0 Å². The van der Waals surface area contributed by atoms with Crippen molar-refractivity contribution in [2.75, 3.05) is 12.4 Å². The second-order valence-electron chi connectivity index (χ2n) is 4.53. The number of ether oxygens (including phenoxy) is 1. The molecule has 108 valence electrons. The molecule has 0 spiro atoms. The first-order valence-corrected chi connectivity index (χ1v) is 6.59. The molecular weight excluding hydrogens is 294 g/mol. The zero-order valence-electron chi connectivity index (χ0n) is 11.4. The van der Waals surface area contributed by atoms with Crippen LogP contribution in [0.3, 0.4) is 0 Å². The van der Waals surface area contributed by atoms with Gasteiger partial charge in [0.25, 0.3) is 0 Å². The Hall–Kier alpha value is -2.41. The van der Waals surface area contributed by atoms with Gasteiger partial charge in [-0.3, -0.25) is 0 Å². The van der Waals surface area contributed by atoms with Gasteiger partial charge in [-0.2, -0.15) is 4.68 Å². The van der Waals surface area contributed by atoms with Crippen molar-refractivity contribution in [3.8, 4) is 0 Å². The third-order valence-corrected chi connectivity index (χ3v) is 3.66. The number of nitrogens with one attached hydrogen (secondary N) is 1. The highest BCUT2D eigenvalue weighted by Crippen LogP contribution is 2.37. The number of anilines is 1. The lowest BCUT2D eigenvalue weighted by Gasteiger charge is -2.27. The van der Waals surface area contributed by atoms with E-state index in [1.54, 1.807) is 13.0 Å². The zero-order valence-corrected chi connectivity index (χ0v) is 12.1. The van der Waals surface area contributed by atoms with Crippen molar-refractivity contribution in [1.82, 2.24) is 20.2 Å². The molecule has 21 heavy (non-hydrogen) atoms. The Kier molecular flexibility index (Phi) is 3.34. The third kappa shape index (κ3) is 2.15. The van der Waals surface area contributed by atoms with Crippen LogP contribution in [0.1, 0.15) is 18.5 Å². The number of aromatic nitrogens is 4. The second-order valence-corrected chi connectivity index (χ2v) is 4.93. The molecule has 0 saturated heterocycles. The van der Waals surface area contributed by atoms with Crippen LogP contribution in [0.25, 0.3) is 0 Å². The first-order valence-electron chi connectivity index (χ1n) is 6.22. The Labute approximate surface area is 125 Å². The van der Waals surface area contributed by atoms with Crippen LogP contribution in [0.5, 0.6) is 0 Å². The summed E-state index contributed by atoms with van der Waals surface area (Å²) in [6, 6.07) is 6.73. The number of hydrogen-bond acceptors (Lipinski definition) is 6. The van der Waals surface area contributed by atoms with Gasteiger partial charge in [0.2, 0.25) is 5.95 Å². The highest BCUT2D eigenvalue weighted by Gasteiger charge is 2.35. The molecule has 0 amide bonds. The zero-order chi connectivity index (χ0) is 15.0. The molecule has 0 radical (unpaired) electrons. The van der Waals surface area contributed by atoms with Gasteiger partial charge in [0, 0.05) is 16.3 Å². The predicted molar refractivity (Wildman–Crippen MR) is 75.7 cm³/mol. The van der Waals surface area contributed by atoms with E-state index in [2.05, 4.69) is 20.8 Å².